The minimum Gasteiger partial charge on any atom is -0.460 e. The number of hydrogen-bond donors (Lipinski definition) is 1. The van der Waals surface area contributed by atoms with Gasteiger partial charge in [-0.15, -0.1) is 0 Å². The van der Waals surface area contributed by atoms with Crippen LogP contribution in [0.4, 0.5) is 0 Å². The molecule has 1 fully saturated rings. The van der Waals surface area contributed by atoms with Gasteiger partial charge in [0.25, 0.3) is 0 Å². The molecule has 0 amide bonds. The molecule has 3 heteroatoms. The maximum absolute atomic E-state index is 5.54. The minimum atomic E-state index is 0.612. The van der Waals surface area contributed by atoms with Crippen molar-refractivity contribution in [3.8, 4) is 0 Å². The van der Waals surface area contributed by atoms with Crippen molar-refractivity contribution in [2.75, 3.05) is 13.1 Å². The van der Waals surface area contributed by atoms with E-state index >= 15 is 0 Å². The van der Waals surface area contributed by atoms with Gasteiger partial charge in [0.1, 0.15) is 11.3 Å². The van der Waals surface area contributed by atoms with Gasteiger partial charge in [0.2, 0.25) is 0 Å². The molecule has 84 valence electrons. The van der Waals surface area contributed by atoms with Gasteiger partial charge >= 0.3 is 0 Å². The van der Waals surface area contributed by atoms with Crippen molar-refractivity contribution in [1.82, 2.24) is 10.3 Å². The highest BCUT2D eigenvalue weighted by molar-refractivity contribution is 5.73. The lowest BCUT2D eigenvalue weighted by Gasteiger charge is -2.21. The van der Waals surface area contributed by atoms with E-state index in [9.17, 15) is 0 Å². The second-order valence-electron chi connectivity index (χ2n) is 4.50. The quantitative estimate of drug-likeness (QED) is 0.796. The summed E-state index contributed by atoms with van der Waals surface area (Å²) in [5.74, 6) is 1.55. The van der Waals surface area contributed by atoms with Crippen molar-refractivity contribution in [2.45, 2.75) is 25.7 Å². The van der Waals surface area contributed by atoms with E-state index in [4.69, 9.17) is 9.40 Å². The number of pyridine rings is 1. The molecule has 0 spiro atoms. The Morgan fingerprint density at radius 3 is 2.94 bits per heavy atom. The van der Waals surface area contributed by atoms with Crippen molar-refractivity contribution >= 4 is 11.1 Å². The van der Waals surface area contributed by atoms with E-state index in [-0.39, 0.29) is 0 Å². The summed E-state index contributed by atoms with van der Waals surface area (Å²) in [5, 5.41) is 3.38. The average Bonchev–Trinajstić information content (AvgIpc) is 2.69. The normalized spacial score (nSPS) is 18.1. The number of aryl methyl sites for hydroxylation is 1. The molecular weight excluding hydrogens is 200 g/mol. The third-order valence-corrected chi connectivity index (χ3v) is 3.28. The number of hydrogen-bond acceptors (Lipinski definition) is 3. The third-order valence-electron chi connectivity index (χ3n) is 3.28. The first-order chi connectivity index (χ1) is 7.83. The lowest BCUT2D eigenvalue weighted by Crippen LogP contribution is -2.26. The SMILES string of the molecule is Cc1cc2nc(C3CCNCC3)ccc2o1. The summed E-state index contributed by atoms with van der Waals surface area (Å²) in [6.45, 7) is 4.18. The van der Waals surface area contributed by atoms with Gasteiger partial charge in [-0.3, -0.25) is 0 Å². The first kappa shape index (κ1) is 9.85. The summed E-state index contributed by atoms with van der Waals surface area (Å²) < 4.78 is 5.54. The summed E-state index contributed by atoms with van der Waals surface area (Å²) in [5.41, 5.74) is 3.11. The highest BCUT2D eigenvalue weighted by Crippen LogP contribution is 2.26. The van der Waals surface area contributed by atoms with Gasteiger partial charge in [0.15, 0.2) is 5.58 Å². The number of fused-ring (bicyclic) bond motifs is 1. The fourth-order valence-corrected chi connectivity index (χ4v) is 2.41. The van der Waals surface area contributed by atoms with E-state index in [0.29, 0.717) is 5.92 Å². The van der Waals surface area contributed by atoms with Gasteiger partial charge < -0.3 is 9.73 Å². The molecule has 0 radical (unpaired) electrons. The van der Waals surface area contributed by atoms with E-state index in [1.54, 1.807) is 0 Å². The molecule has 3 heterocycles. The molecule has 0 unspecified atom stereocenters. The molecule has 0 atom stereocenters. The first-order valence-electron chi connectivity index (χ1n) is 5.91. The molecular formula is C13H16N2O. The predicted octanol–water partition coefficient (Wildman–Crippen LogP) is 2.60. The molecule has 16 heavy (non-hydrogen) atoms. The summed E-state index contributed by atoms with van der Waals surface area (Å²) in [6, 6.07) is 6.17. The Balaban J connectivity index is 1.97. The molecule has 1 aliphatic heterocycles. The van der Waals surface area contributed by atoms with Crippen molar-refractivity contribution in [3.05, 3.63) is 29.7 Å². The highest BCUT2D eigenvalue weighted by atomic mass is 16.3. The standard InChI is InChI=1S/C13H16N2O/c1-9-8-12-13(16-9)3-2-11(15-12)10-4-6-14-7-5-10/h2-3,8,10,14H,4-7H2,1H3. The molecule has 1 aliphatic rings. The number of nitrogens with one attached hydrogen (secondary N) is 1. The number of piperidine rings is 1. The molecule has 2 aromatic rings. The van der Waals surface area contributed by atoms with Crippen LogP contribution < -0.4 is 5.32 Å². The molecule has 2 aromatic heterocycles. The Morgan fingerprint density at radius 2 is 2.12 bits per heavy atom. The number of furan rings is 1. The summed E-state index contributed by atoms with van der Waals surface area (Å²) in [6.07, 6.45) is 2.38. The topological polar surface area (TPSA) is 38.1 Å². The minimum absolute atomic E-state index is 0.612. The number of aromatic nitrogens is 1. The van der Waals surface area contributed by atoms with E-state index < -0.39 is 0 Å². The molecule has 0 aliphatic carbocycles. The molecule has 3 nitrogen and oxygen atoms in total. The maximum Gasteiger partial charge on any atom is 0.152 e. The molecule has 0 bridgehead atoms. The maximum atomic E-state index is 5.54. The summed E-state index contributed by atoms with van der Waals surface area (Å²) in [7, 11) is 0. The van der Waals surface area contributed by atoms with Gasteiger partial charge in [-0.2, -0.15) is 0 Å². The second-order valence-corrected chi connectivity index (χ2v) is 4.50. The third kappa shape index (κ3) is 1.71. The number of nitrogens with zero attached hydrogens (tertiary/aromatic N) is 1. The van der Waals surface area contributed by atoms with Gasteiger partial charge in [-0.05, 0) is 45.0 Å². The van der Waals surface area contributed by atoms with Gasteiger partial charge in [-0.1, -0.05) is 0 Å². The van der Waals surface area contributed by atoms with Crippen LogP contribution in [0.2, 0.25) is 0 Å². The molecule has 1 N–H and O–H groups in total. The highest BCUT2D eigenvalue weighted by Gasteiger charge is 2.17. The van der Waals surface area contributed by atoms with Gasteiger partial charge in [-0.25, -0.2) is 4.98 Å². The number of rotatable bonds is 1. The summed E-state index contributed by atoms with van der Waals surface area (Å²) in [4.78, 5) is 4.70. The van der Waals surface area contributed by atoms with Crippen LogP contribution in [0.1, 0.15) is 30.2 Å². The van der Waals surface area contributed by atoms with Crippen LogP contribution in [0.3, 0.4) is 0 Å². The summed E-state index contributed by atoms with van der Waals surface area (Å²) >= 11 is 0. The monoisotopic (exact) mass is 216 g/mol. The Labute approximate surface area is 94.9 Å². The van der Waals surface area contributed by atoms with Crippen LogP contribution in [0.5, 0.6) is 0 Å². The molecule has 1 saturated heterocycles. The van der Waals surface area contributed by atoms with Crippen LogP contribution in [-0.2, 0) is 0 Å². The fraction of sp³-hybridized carbons (Fsp3) is 0.462. The van der Waals surface area contributed by atoms with Crippen LogP contribution in [0.25, 0.3) is 11.1 Å². The lowest BCUT2D eigenvalue weighted by atomic mass is 9.94. The van der Waals surface area contributed by atoms with Crippen LogP contribution in [-0.4, -0.2) is 18.1 Å². The Bertz CT molecular complexity index is 498. The smallest absolute Gasteiger partial charge is 0.152 e. The van der Waals surface area contributed by atoms with Crippen LogP contribution in [0.15, 0.2) is 22.6 Å². The van der Waals surface area contributed by atoms with Gasteiger partial charge in [0, 0.05) is 17.7 Å². The van der Waals surface area contributed by atoms with E-state index in [2.05, 4.69) is 11.4 Å². The van der Waals surface area contributed by atoms with E-state index in [1.165, 1.54) is 18.5 Å². The van der Waals surface area contributed by atoms with E-state index in [1.807, 2.05) is 19.1 Å². The zero-order chi connectivity index (χ0) is 11.0. The fourth-order valence-electron chi connectivity index (χ4n) is 2.41. The molecule has 3 rings (SSSR count). The first-order valence-corrected chi connectivity index (χ1v) is 5.91. The van der Waals surface area contributed by atoms with Crippen molar-refractivity contribution < 1.29 is 4.42 Å². The van der Waals surface area contributed by atoms with Crippen molar-refractivity contribution in [2.24, 2.45) is 0 Å². The zero-order valence-electron chi connectivity index (χ0n) is 9.49. The average molecular weight is 216 g/mol. The molecule has 0 saturated carbocycles. The molecule has 0 aromatic carbocycles. The zero-order valence-corrected chi connectivity index (χ0v) is 9.49. The predicted molar refractivity (Wildman–Crippen MR) is 63.6 cm³/mol. The van der Waals surface area contributed by atoms with Crippen LogP contribution >= 0.6 is 0 Å². The van der Waals surface area contributed by atoms with Crippen LogP contribution in [0, 0.1) is 6.92 Å². The lowest BCUT2D eigenvalue weighted by molar-refractivity contribution is 0.454. The second kappa shape index (κ2) is 3.91. The van der Waals surface area contributed by atoms with Gasteiger partial charge in [0.05, 0.1) is 0 Å². The Morgan fingerprint density at radius 1 is 1.31 bits per heavy atom. The largest absolute Gasteiger partial charge is 0.460 e. The van der Waals surface area contributed by atoms with Crippen molar-refractivity contribution in [3.63, 3.8) is 0 Å². The Hall–Kier alpha value is -1.35. The van der Waals surface area contributed by atoms with Crippen molar-refractivity contribution in [1.29, 1.82) is 0 Å². The Kier molecular flexibility index (Phi) is 2.40. The van der Waals surface area contributed by atoms with E-state index in [0.717, 1.165) is 29.9 Å².